The van der Waals surface area contributed by atoms with Crippen molar-refractivity contribution in [3.63, 3.8) is 0 Å². The highest BCUT2D eigenvalue weighted by atomic mass is 16.5. The van der Waals surface area contributed by atoms with Crippen LogP contribution in [0, 0.1) is 13.8 Å². The van der Waals surface area contributed by atoms with E-state index in [1.165, 1.54) is 11.1 Å². The predicted molar refractivity (Wildman–Crippen MR) is 152 cm³/mol. The highest BCUT2D eigenvalue weighted by molar-refractivity contribution is 5.99. The Morgan fingerprint density at radius 2 is 1.30 bits per heavy atom. The summed E-state index contributed by atoms with van der Waals surface area (Å²) in [4.78, 5) is 9.16. The smallest absolute Gasteiger partial charge is 0.247 e. The Morgan fingerprint density at radius 1 is 0.703 bits per heavy atom. The summed E-state index contributed by atoms with van der Waals surface area (Å²) in [6.07, 6.45) is 0. The lowest BCUT2D eigenvalue weighted by molar-refractivity contribution is 0.417. The van der Waals surface area contributed by atoms with Crippen LogP contribution in [-0.2, 0) is 0 Å². The maximum atomic E-state index is 5.47. The first-order valence-electron chi connectivity index (χ1n) is 11.9. The van der Waals surface area contributed by atoms with E-state index in [0.717, 1.165) is 28.2 Å². The van der Waals surface area contributed by atoms with Gasteiger partial charge in [-0.2, -0.15) is 20.2 Å². The van der Waals surface area contributed by atoms with Crippen molar-refractivity contribution in [3.05, 3.63) is 101 Å². The molecular formula is C29H31N7O. The minimum atomic E-state index is 0.317. The van der Waals surface area contributed by atoms with Crippen molar-refractivity contribution >= 4 is 34.7 Å². The van der Waals surface area contributed by atoms with Gasteiger partial charge in [-0.1, -0.05) is 71.8 Å². The molecule has 0 aliphatic carbocycles. The van der Waals surface area contributed by atoms with Crippen LogP contribution in [-0.4, -0.2) is 28.5 Å². The fourth-order valence-corrected chi connectivity index (χ4v) is 3.65. The van der Waals surface area contributed by atoms with Gasteiger partial charge >= 0.3 is 0 Å². The molecule has 188 valence electrons. The number of aromatic nitrogens is 2. The Balaban J connectivity index is 1.63. The molecule has 1 heterocycles. The molecule has 0 fully saturated rings. The van der Waals surface area contributed by atoms with E-state index >= 15 is 0 Å². The van der Waals surface area contributed by atoms with Crippen LogP contribution in [0.4, 0.5) is 23.3 Å². The Morgan fingerprint density at radius 3 is 1.92 bits per heavy atom. The van der Waals surface area contributed by atoms with Crippen molar-refractivity contribution in [1.29, 1.82) is 0 Å². The zero-order valence-electron chi connectivity index (χ0n) is 21.7. The molecule has 0 amide bonds. The molecule has 0 radical (unpaired) electrons. The zero-order valence-corrected chi connectivity index (χ0v) is 21.7. The number of anilines is 4. The van der Waals surface area contributed by atoms with E-state index in [-0.39, 0.29) is 0 Å². The van der Waals surface area contributed by atoms with E-state index in [1.807, 2.05) is 62.4 Å². The maximum absolute atomic E-state index is 5.47. The largest absolute Gasteiger partial charge is 0.495 e. The van der Waals surface area contributed by atoms with Crippen LogP contribution in [0.3, 0.4) is 0 Å². The average Bonchev–Trinajstić information content (AvgIpc) is 2.90. The number of rotatable bonds is 9. The van der Waals surface area contributed by atoms with Crippen LogP contribution in [0.1, 0.15) is 36.1 Å². The number of methoxy groups -OCH3 is 1. The van der Waals surface area contributed by atoms with Crippen molar-refractivity contribution in [1.82, 2.24) is 9.97 Å². The number of para-hydroxylation sites is 2. The summed E-state index contributed by atoms with van der Waals surface area (Å²) in [5, 5.41) is 12.4. The van der Waals surface area contributed by atoms with Crippen LogP contribution in [0.2, 0.25) is 0 Å². The Hall–Kier alpha value is -4.72. The standard InChI is InChI=1S/C29H31N7O/c1-19-10-8-12-23(16-19)21(3)33-35-28-18-27(30-25-14-6-7-15-26(25)37-5)31-29(32-28)36-34-22(4)24-13-9-11-20(2)17-24/h6-18H,1-5H3,(H3,30,31,32,35,36). The summed E-state index contributed by atoms with van der Waals surface area (Å²) in [6.45, 7) is 8.00. The first-order valence-corrected chi connectivity index (χ1v) is 11.9. The molecule has 0 bridgehead atoms. The van der Waals surface area contributed by atoms with Gasteiger partial charge in [0.2, 0.25) is 5.95 Å². The minimum absolute atomic E-state index is 0.317. The number of nitrogens with one attached hydrogen (secondary N) is 3. The van der Waals surface area contributed by atoms with Crippen molar-refractivity contribution < 1.29 is 4.74 Å². The summed E-state index contributed by atoms with van der Waals surface area (Å²) >= 11 is 0. The first-order chi connectivity index (χ1) is 17.9. The molecule has 3 N–H and O–H groups in total. The Kier molecular flexibility index (Phi) is 8.10. The van der Waals surface area contributed by atoms with Crippen LogP contribution in [0.15, 0.2) is 89.1 Å². The van der Waals surface area contributed by atoms with Gasteiger partial charge in [-0.3, -0.25) is 5.43 Å². The van der Waals surface area contributed by atoms with Crippen LogP contribution in [0.5, 0.6) is 5.75 Å². The number of hydrazone groups is 2. The highest BCUT2D eigenvalue weighted by Crippen LogP contribution is 2.27. The number of aryl methyl sites for hydroxylation is 2. The summed E-state index contributed by atoms with van der Waals surface area (Å²) in [7, 11) is 1.63. The third kappa shape index (κ3) is 6.91. The number of hydrogen-bond acceptors (Lipinski definition) is 8. The van der Waals surface area contributed by atoms with Gasteiger partial charge in [-0.05, 0) is 51.0 Å². The molecule has 0 aliphatic heterocycles. The minimum Gasteiger partial charge on any atom is -0.495 e. The lowest BCUT2D eigenvalue weighted by Gasteiger charge is -2.12. The number of nitrogens with zero attached hydrogens (tertiary/aromatic N) is 4. The number of benzene rings is 3. The molecule has 0 spiro atoms. The maximum Gasteiger partial charge on any atom is 0.247 e. The molecule has 0 atom stereocenters. The number of ether oxygens (including phenoxy) is 1. The zero-order chi connectivity index (χ0) is 26.2. The molecule has 0 unspecified atom stereocenters. The van der Waals surface area contributed by atoms with Gasteiger partial charge in [0.05, 0.1) is 24.2 Å². The average molecular weight is 494 g/mol. The molecule has 8 heteroatoms. The van der Waals surface area contributed by atoms with Gasteiger partial charge < -0.3 is 10.1 Å². The van der Waals surface area contributed by atoms with Crippen LogP contribution < -0.4 is 20.9 Å². The van der Waals surface area contributed by atoms with Crippen molar-refractivity contribution in [2.75, 3.05) is 23.3 Å². The Labute approximate surface area is 217 Å². The van der Waals surface area contributed by atoms with Gasteiger partial charge in [-0.25, -0.2) is 5.43 Å². The Bertz CT molecular complexity index is 1360. The fourth-order valence-electron chi connectivity index (χ4n) is 3.65. The van der Waals surface area contributed by atoms with E-state index in [9.17, 15) is 0 Å². The monoisotopic (exact) mass is 493 g/mol. The van der Waals surface area contributed by atoms with Crippen molar-refractivity contribution in [2.24, 2.45) is 10.2 Å². The molecule has 3 aromatic carbocycles. The van der Waals surface area contributed by atoms with E-state index in [1.54, 1.807) is 13.2 Å². The predicted octanol–water partition coefficient (Wildman–Crippen LogP) is 6.52. The molecule has 8 nitrogen and oxygen atoms in total. The quantitative estimate of drug-likeness (QED) is 0.181. The molecule has 4 rings (SSSR count). The van der Waals surface area contributed by atoms with Gasteiger partial charge in [0.15, 0.2) is 5.82 Å². The molecule has 4 aromatic rings. The number of hydrogen-bond donors (Lipinski definition) is 3. The van der Waals surface area contributed by atoms with Gasteiger partial charge in [0, 0.05) is 6.07 Å². The molecule has 0 aliphatic rings. The lowest BCUT2D eigenvalue weighted by Crippen LogP contribution is -2.07. The highest BCUT2D eigenvalue weighted by Gasteiger charge is 2.09. The van der Waals surface area contributed by atoms with E-state index in [4.69, 9.17) is 4.74 Å². The van der Waals surface area contributed by atoms with Crippen molar-refractivity contribution in [3.8, 4) is 5.75 Å². The lowest BCUT2D eigenvalue weighted by atomic mass is 10.1. The second-order valence-corrected chi connectivity index (χ2v) is 8.64. The van der Waals surface area contributed by atoms with Gasteiger partial charge in [0.1, 0.15) is 11.6 Å². The van der Waals surface area contributed by atoms with Crippen molar-refractivity contribution in [2.45, 2.75) is 27.7 Å². The van der Waals surface area contributed by atoms with E-state index in [0.29, 0.717) is 23.3 Å². The van der Waals surface area contributed by atoms with E-state index in [2.05, 4.69) is 74.5 Å². The van der Waals surface area contributed by atoms with E-state index < -0.39 is 0 Å². The third-order valence-electron chi connectivity index (χ3n) is 5.63. The van der Waals surface area contributed by atoms with Crippen LogP contribution >= 0.6 is 0 Å². The normalized spacial score (nSPS) is 11.7. The topological polar surface area (TPSA) is 95.8 Å². The summed E-state index contributed by atoms with van der Waals surface area (Å²) < 4.78 is 5.47. The van der Waals surface area contributed by atoms with Gasteiger partial charge in [0.25, 0.3) is 0 Å². The summed E-state index contributed by atoms with van der Waals surface area (Å²) in [5.74, 6) is 2.08. The SMILES string of the molecule is COc1ccccc1Nc1cc(NN=C(C)c2cccc(C)c2)nc(NN=C(C)c2cccc(C)c2)n1. The fraction of sp³-hybridized carbons (Fsp3) is 0.172. The molecule has 0 saturated heterocycles. The first kappa shape index (κ1) is 25.4. The third-order valence-corrected chi connectivity index (χ3v) is 5.63. The molecule has 37 heavy (non-hydrogen) atoms. The summed E-state index contributed by atoms with van der Waals surface area (Å²) in [6, 6.07) is 25.8. The molecule has 1 aromatic heterocycles. The second kappa shape index (κ2) is 11.8. The van der Waals surface area contributed by atoms with Gasteiger partial charge in [-0.15, -0.1) is 0 Å². The summed E-state index contributed by atoms with van der Waals surface area (Å²) in [5.41, 5.74) is 12.9. The van der Waals surface area contributed by atoms with Crippen LogP contribution in [0.25, 0.3) is 0 Å². The molecule has 0 saturated carbocycles. The second-order valence-electron chi connectivity index (χ2n) is 8.64. The molecular weight excluding hydrogens is 462 g/mol.